The van der Waals surface area contributed by atoms with Gasteiger partial charge in [0.25, 0.3) is 0 Å². The fourth-order valence-corrected chi connectivity index (χ4v) is 8.61. The molecule has 5 nitrogen and oxygen atoms in total. The normalized spacial score (nSPS) is 11.3. The number of rotatable bonds is 38. The monoisotopic (exact) mass is 855 g/mol. The van der Waals surface area contributed by atoms with Crippen molar-refractivity contribution in [3.63, 3.8) is 0 Å². The molecule has 0 N–H and O–H groups in total. The predicted octanol–water partition coefficient (Wildman–Crippen LogP) is 17.9. The zero-order valence-electron chi connectivity index (χ0n) is 40.2. The summed E-state index contributed by atoms with van der Waals surface area (Å²) < 4.78 is 6.99. The molecule has 5 heteroatoms. The van der Waals surface area contributed by atoms with Crippen LogP contribution in [-0.2, 0) is 25.7 Å². The lowest BCUT2D eigenvalue weighted by atomic mass is 10.00. The molecule has 2 aromatic carbocycles. The summed E-state index contributed by atoms with van der Waals surface area (Å²) in [6.07, 6.45) is 51.7. The second-order valence-corrected chi connectivity index (χ2v) is 18.2. The average molecular weight is 855 g/mol. The van der Waals surface area contributed by atoms with Crippen molar-refractivity contribution in [2.45, 2.75) is 219 Å². The van der Waals surface area contributed by atoms with Crippen LogP contribution in [0.5, 0.6) is 11.5 Å². The Morgan fingerprint density at radius 1 is 0.397 bits per heavy atom. The molecule has 0 fully saturated rings. The molecule has 0 bridgehead atoms. The molecule has 0 amide bonds. The summed E-state index contributed by atoms with van der Waals surface area (Å²) in [5.74, 6) is 3.45. The fraction of sp³-hybridized carbons (Fsp3) is 0.586. The van der Waals surface area contributed by atoms with E-state index in [4.69, 9.17) is 24.7 Å². The van der Waals surface area contributed by atoms with Gasteiger partial charge in [-0.3, -0.25) is 0 Å². The van der Waals surface area contributed by atoms with Gasteiger partial charge in [-0.1, -0.05) is 154 Å². The van der Waals surface area contributed by atoms with Gasteiger partial charge in [-0.2, -0.15) is 0 Å². The second-order valence-electron chi connectivity index (χ2n) is 18.2. The van der Waals surface area contributed by atoms with E-state index in [1.165, 1.54) is 176 Å². The molecule has 0 aliphatic rings. The Kier molecular flexibility index (Phi) is 27.3. The molecule has 0 spiro atoms. The van der Waals surface area contributed by atoms with Gasteiger partial charge in [-0.05, 0) is 136 Å². The van der Waals surface area contributed by atoms with Crippen molar-refractivity contribution in [1.82, 2.24) is 19.9 Å². The predicted molar refractivity (Wildman–Crippen MR) is 271 cm³/mol. The molecule has 4 rings (SSSR count). The largest absolute Gasteiger partial charge is 0.457 e. The van der Waals surface area contributed by atoms with Crippen molar-refractivity contribution in [1.29, 1.82) is 0 Å². The smallest absolute Gasteiger partial charge is 0.159 e. The highest BCUT2D eigenvalue weighted by atomic mass is 16.5. The van der Waals surface area contributed by atoms with Crippen LogP contribution in [0.2, 0.25) is 0 Å². The third-order valence-electron chi connectivity index (χ3n) is 12.6. The van der Waals surface area contributed by atoms with Gasteiger partial charge in [0.1, 0.15) is 11.5 Å². The summed E-state index contributed by atoms with van der Waals surface area (Å²) in [6.45, 7) is 12.3. The standard InChI is InChI=1S/C58H86N4O/c1-5-9-13-17-21-23-25-29-33-37-51-43-53(57-59-45-49(46-60-57)35-31-27-19-15-11-7-3)39-41-55(51)63-56-42-40-54(44-52(56)38-34-30-26-24-22-18-14-10-6-2)58-61-47-50(48-62-58)36-32-28-20-16-12-8-4/h5-6,39-48H,1-2,7-38H2,3-4H3. The molecule has 2 aromatic heterocycles. The van der Waals surface area contributed by atoms with Crippen molar-refractivity contribution in [3.8, 4) is 34.3 Å². The number of hydrogen-bond donors (Lipinski definition) is 0. The van der Waals surface area contributed by atoms with Crippen molar-refractivity contribution in [2.24, 2.45) is 0 Å². The number of aromatic nitrogens is 4. The Hall–Kier alpha value is -4.12. The lowest BCUT2D eigenvalue weighted by molar-refractivity contribution is 0.466. The molecule has 0 unspecified atom stereocenters. The number of nitrogens with zero attached hydrogens (tertiary/aromatic N) is 4. The van der Waals surface area contributed by atoms with Crippen LogP contribution in [0.4, 0.5) is 0 Å². The molecule has 4 aromatic rings. The third-order valence-corrected chi connectivity index (χ3v) is 12.6. The van der Waals surface area contributed by atoms with E-state index in [0.29, 0.717) is 0 Å². The topological polar surface area (TPSA) is 60.8 Å². The molecule has 0 saturated heterocycles. The number of aryl methyl sites for hydroxylation is 4. The van der Waals surface area contributed by atoms with E-state index in [9.17, 15) is 0 Å². The van der Waals surface area contributed by atoms with Crippen LogP contribution in [0.1, 0.15) is 216 Å². The van der Waals surface area contributed by atoms with Gasteiger partial charge in [-0.15, -0.1) is 13.2 Å². The summed E-state index contributed by atoms with van der Waals surface area (Å²) in [5, 5.41) is 0. The molecule has 0 aliphatic heterocycles. The lowest BCUT2D eigenvalue weighted by Gasteiger charge is -2.17. The van der Waals surface area contributed by atoms with Gasteiger partial charge in [0.15, 0.2) is 11.6 Å². The SMILES string of the molecule is C=CCCCCCCCCCc1cc(-c2ncc(CCCCCCCC)cn2)ccc1Oc1ccc(-c2ncc(CCCCCCCC)cn2)cc1CCCCCCCCCC=C. The minimum atomic E-state index is 0.790. The lowest BCUT2D eigenvalue weighted by Crippen LogP contribution is -2.00. The highest BCUT2D eigenvalue weighted by Crippen LogP contribution is 2.35. The van der Waals surface area contributed by atoms with Crippen LogP contribution in [0.25, 0.3) is 22.8 Å². The molecule has 2 heterocycles. The van der Waals surface area contributed by atoms with E-state index < -0.39 is 0 Å². The zero-order chi connectivity index (χ0) is 44.4. The van der Waals surface area contributed by atoms with E-state index in [-0.39, 0.29) is 0 Å². The number of benzene rings is 2. The van der Waals surface area contributed by atoms with Crippen molar-refractivity contribution in [3.05, 3.63) is 109 Å². The average Bonchev–Trinajstić information content (AvgIpc) is 3.31. The summed E-state index contributed by atoms with van der Waals surface area (Å²) in [5.41, 5.74) is 7.04. The number of unbranched alkanes of at least 4 members (excludes halogenated alkanes) is 24. The van der Waals surface area contributed by atoms with Crippen molar-refractivity contribution in [2.75, 3.05) is 0 Å². The molecule has 0 saturated carbocycles. The van der Waals surface area contributed by atoms with Crippen LogP contribution in [0.15, 0.2) is 86.5 Å². The Labute approximate surface area is 385 Å². The summed E-state index contributed by atoms with van der Waals surface area (Å²) in [4.78, 5) is 19.5. The Bertz CT molecular complexity index is 1650. The highest BCUT2D eigenvalue weighted by Gasteiger charge is 2.15. The van der Waals surface area contributed by atoms with Crippen LogP contribution < -0.4 is 4.74 Å². The first kappa shape index (κ1) is 51.5. The van der Waals surface area contributed by atoms with E-state index >= 15 is 0 Å². The highest BCUT2D eigenvalue weighted by molar-refractivity contribution is 5.61. The maximum atomic E-state index is 6.99. The second kappa shape index (κ2) is 33.4. The molecule has 0 radical (unpaired) electrons. The maximum Gasteiger partial charge on any atom is 0.159 e. The van der Waals surface area contributed by atoms with Gasteiger partial charge < -0.3 is 4.74 Å². The summed E-state index contributed by atoms with van der Waals surface area (Å²) in [6, 6.07) is 13.2. The van der Waals surface area contributed by atoms with Crippen LogP contribution in [0, 0.1) is 0 Å². The van der Waals surface area contributed by atoms with Gasteiger partial charge >= 0.3 is 0 Å². The molecule has 0 aliphatic carbocycles. The number of hydrogen-bond acceptors (Lipinski definition) is 5. The van der Waals surface area contributed by atoms with E-state index in [0.717, 1.165) is 85.6 Å². The molecule has 344 valence electrons. The van der Waals surface area contributed by atoms with Crippen molar-refractivity contribution < 1.29 is 4.74 Å². The zero-order valence-corrected chi connectivity index (χ0v) is 40.2. The first-order valence-electron chi connectivity index (χ1n) is 25.9. The minimum Gasteiger partial charge on any atom is -0.457 e. The molecular formula is C58H86N4O. The molecular weight excluding hydrogens is 769 g/mol. The number of ether oxygens (including phenoxy) is 1. The van der Waals surface area contributed by atoms with Crippen LogP contribution >= 0.6 is 0 Å². The van der Waals surface area contributed by atoms with Crippen LogP contribution in [-0.4, -0.2) is 19.9 Å². The van der Waals surface area contributed by atoms with Gasteiger partial charge in [0.05, 0.1) is 0 Å². The van der Waals surface area contributed by atoms with Crippen LogP contribution in [0.3, 0.4) is 0 Å². The number of allylic oxidation sites excluding steroid dienone is 2. The first-order chi connectivity index (χ1) is 31.1. The molecule has 0 atom stereocenters. The fourth-order valence-electron chi connectivity index (χ4n) is 8.61. The Morgan fingerprint density at radius 2 is 0.714 bits per heavy atom. The maximum absolute atomic E-state index is 6.99. The Balaban J connectivity index is 1.50. The van der Waals surface area contributed by atoms with E-state index in [1.54, 1.807) is 0 Å². The third kappa shape index (κ3) is 21.4. The summed E-state index contributed by atoms with van der Waals surface area (Å²) >= 11 is 0. The summed E-state index contributed by atoms with van der Waals surface area (Å²) in [7, 11) is 0. The minimum absolute atomic E-state index is 0.790. The first-order valence-corrected chi connectivity index (χ1v) is 25.9. The van der Waals surface area contributed by atoms with Gasteiger partial charge in [-0.25, -0.2) is 19.9 Å². The Morgan fingerprint density at radius 3 is 1.06 bits per heavy atom. The van der Waals surface area contributed by atoms with E-state index in [2.05, 4.69) is 63.4 Å². The quantitative estimate of drug-likeness (QED) is 0.0332. The van der Waals surface area contributed by atoms with E-state index in [1.807, 2.05) is 36.9 Å². The van der Waals surface area contributed by atoms with Crippen molar-refractivity contribution >= 4 is 0 Å². The van der Waals surface area contributed by atoms with Gasteiger partial charge in [0.2, 0.25) is 0 Å². The molecule has 63 heavy (non-hydrogen) atoms. The van der Waals surface area contributed by atoms with Gasteiger partial charge in [0, 0.05) is 35.9 Å².